The van der Waals surface area contributed by atoms with Gasteiger partial charge in [0.1, 0.15) is 0 Å². The SMILES string of the molecule is c1ccc2cc(-c3c4ccccc4c(-c4cc5c6ccccc6c6cc(-n7c8ccccc8c8ccccc87)ccc6c5c5ccccc45)c4ccccc34)ccc2c1. The number of benzene rings is 12. The summed E-state index contributed by atoms with van der Waals surface area (Å²) < 4.78 is 2.43. The van der Waals surface area contributed by atoms with E-state index in [1.165, 1.54) is 125 Å². The molecule has 0 aliphatic carbocycles. The molecule has 0 saturated carbocycles. The van der Waals surface area contributed by atoms with Gasteiger partial charge in [0.05, 0.1) is 11.0 Å². The monoisotopic (exact) mass is 745 g/mol. The van der Waals surface area contributed by atoms with E-state index in [2.05, 4.69) is 217 Å². The van der Waals surface area contributed by atoms with Crippen LogP contribution in [0.25, 0.3) is 125 Å². The molecule has 0 fully saturated rings. The first kappa shape index (κ1) is 32.4. The highest BCUT2D eigenvalue weighted by atomic mass is 15.0. The van der Waals surface area contributed by atoms with Crippen LogP contribution in [0.5, 0.6) is 0 Å². The quantitative estimate of drug-likeness (QED) is 0.125. The van der Waals surface area contributed by atoms with Gasteiger partial charge in [-0.15, -0.1) is 0 Å². The minimum absolute atomic E-state index is 1.17. The van der Waals surface area contributed by atoms with Crippen LogP contribution in [0.4, 0.5) is 0 Å². The first-order valence-electron chi connectivity index (χ1n) is 20.5. The van der Waals surface area contributed by atoms with E-state index in [9.17, 15) is 0 Å². The van der Waals surface area contributed by atoms with E-state index in [0.717, 1.165) is 0 Å². The molecular weight excluding hydrogens is 711 g/mol. The second kappa shape index (κ2) is 12.4. The van der Waals surface area contributed by atoms with Crippen LogP contribution in [0.2, 0.25) is 0 Å². The molecule has 13 rings (SSSR count). The molecule has 0 unspecified atom stereocenters. The zero-order valence-electron chi connectivity index (χ0n) is 32.2. The molecule has 0 aliphatic heterocycles. The number of nitrogens with zero attached hydrogens (tertiary/aromatic N) is 1. The maximum atomic E-state index is 2.50. The Hall–Kier alpha value is -7.74. The fourth-order valence-corrected chi connectivity index (χ4v) is 10.4. The third-order valence-electron chi connectivity index (χ3n) is 12.9. The Bertz CT molecular complexity index is 3790. The van der Waals surface area contributed by atoms with E-state index >= 15 is 0 Å². The van der Waals surface area contributed by atoms with Crippen LogP contribution >= 0.6 is 0 Å². The van der Waals surface area contributed by atoms with Crippen molar-refractivity contribution >= 4 is 97.2 Å². The molecule has 272 valence electrons. The summed E-state index contributed by atoms with van der Waals surface area (Å²) in [4.78, 5) is 0. The van der Waals surface area contributed by atoms with Gasteiger partial charge >= 0.3 is 0 Å². The van der Waals surface area contributed by atoms with Gasteiger partial charge in [-0.1, -0.05) is 176 Å². The van der Waals surface area contributed by atoms with E-state index in [1.807, 2.05) is 0 Å². The number of para-hydroxylation sites is 2. The van der Waals surface area contributed by atoms with Gasteiger partial charge in [-0.2, -0.15) is 0 Å². The summed E-state index contributed by atoms with van der Waals surface area (Å²) >= 11 is 0. The molecule has 0 aliphatic rings. The lowest BCUT2D eigenvalue weighted by Crippen LogP contribution is -1.95. The summed E-state index contributed by atoms with van der Waals surface area (Å²) in [5.74, 6) is 0. The maximum absolute atomic E-state index is 2.50. The van der Waals surface area contributed by atoms with E-state index in [4.69, 9.17) is 0 Å². The van der Waals surface area contributed by atoms with E-state index in [1.54, 1.807) is 0 Å². The van der Waals surface area contributed by atoms with Crippen LogP contribution in [-0.4, -0.2) is 4.57 Å². The van der Waals surface area contributed by atoms with Crippen LogP contribution in [0.1, 0.15) is 0 Å². The Morgan fingerprint density at radius 1 is 0.254 bits per heavy atom. The molecule has 0 N–H and O–H groups in total. The summed E-state index contributed by atoms with van der Waals surface area (Å²) in [7, 11) is 0. The lowest BCUT2D eigenvalue weighted by Gasteiger charge is -2.21. The molecule has 0 atom stereocenters. The average Bonchev–Trinajstić information content (AvgIpc) is 3.64. The standard InChI is InChI=1S/C58H35N/c1-2-16-37-33-38(30-29-36(37)15-1)56-46-23-7-9-25-48(46)58(49-26-10-8-24-47(49)56)53-35-52-41-18-4-3-17-40(41)51-34-39(31-32-50(51)57(52)45-22-6-5-19-42(45)53)59-54-27-13-11-20-43(54)44-21-12-14-28-55(44)59/h1-35H. The van der Waals surface area contributed by atoms with Crippen LogP contribution in [0.3, 0.4) is 0 Å². The van der Waals surface area contributed by atoms with Crippen molar-refractivity contribution in [1.82, 2.24) is 4.57 Å². The summed E-state index contributed by atoms with van der Waals surface area (Å²) in [5.41, 5.74) is 8.68. The van der Waals surface area contributed by atoms with Crippen molar-refractivity contribution in [3.63, 3.8) is 0 Å². The molecule has 0 spiro atoms. The largest absolute Gasteiger partial charge is 0.309 e. The summed E-state index contributed by atoms with van der Waals surface area (Å²) in [6, 6.07) is 78.9. The zero-order valence-corrected chi connectivity index (χ0v) is 32.2. The topological polar surface area (TPSA) is 4.93 Å². The Labute approximate surface area is 340 Å². The Kier molecular flexibility index (Phi) is 6.79. The second-order valence-corrected chi connectivity index (χ2v) is 15.9. The van der Waals surface area contributed by atoms with Gasteiger partial charge in [0.2, 0.25) is 0 Å². The van der Waals surface area contributed by atoms with Crippen molar-refractivity contribution in [2.75, 3.05) is 0 Å². The molecule has 1 heterocycles. The third kappa shape index (κ3) is 4.62. The van der Waals surface area contributed by atoms with Gasteiger partial charge in [-0.25, -0.2) is 0 Å². The maximum Gasteiger partial charge on any atom is 0.0541 e. The number of aromatic nitrogens is 1. The Morgan fingerprint density at radius 2 is 0.729 bits per heavy atom. The predicted molar refractivity (Wildman–Crippen MR) is 254 cm³/mol. The zero-order chi connectivity index (χ0) is 38.6. The predicted octanol–water partition coefficient (Wildman–Crippen LogP) is 16.2. The van der Waals surface area contributed by atoms with E-state index in [-0.39, 0.29) is 0 Å². The van der Waals surface area contributed by atoms with E-state index < -0.39 is 0 Å². The first-order valence-corrected chi connectivity index (χ1v) is 20.5. The second-order valence-electron chi connectivity index (χ2n) is 15.9. The molecule has 0 bridgehead atoms. The van der Waals surface area contributed by atoms with Gasteiger partial charge in [0.25, 0.3) is 0 Å². The lowest BCUT2D eigenvalue weighted by molar-refractivity contribution is 1.19. The summed E-state index contributed by atoms with van der Waals surface area (Å²) in [5, 5.41) is 20.3. The number of fused-ring (bicyclic) bond motifs is 14. The molecule has 59 heavy (non-hydrogen) atoms. The number of hydrogen-bond donors (Lipinski definition) is 0. The van der Waals surface area contributed by atoms with E-state index in [0.29, 0.717) is 0 Å². The molecule has 0 saturated heterocycles. The molecular formula is C58H35N. The number of hydrogen-bond acceptors (Lipinski definition) is 0. The molecule has 12 aromatic carbocycles. The highest BCUT2D eigenvalue weighted by Gasteiger charge is 2.21. The van der Waals surface area contributed by atoms with Crippen molar-refractivity contribution in [2.24, 2.45) is 0 Å². The van der Waals surface area contributed by atoms with Crippen LogP contribution in [0, 0.1) is 0 Å². The molecule has 13 aromatic rings. The molecule has 1 aromatic heterocycles. The fourth-order valence-electron chi connectivity index (χ4n) is 10.4. The van der Waals surface area contributed by atoms with Crippen LogP contribution in [-0.2, 0) is 0 Å². The Morgan fingerprint density at radius 3 is 1.37 bits per heavy atom. The molecule has 0 amide bonds. The first-order chi connectivity index (χ1) is 29.3. The minimum atomic E-state index is 1.17. The highest BCUT2D eigenvalue weighted by molar-refractivity contribution is 6.35. The minimum Gasteiger partial charge on any atom is -0.309 e. The van der Waals surface area contributed by atoms with Crippen molar-refractivity contribution in [3.8, 4) is 27.9 Å². The average molecular weight is 746 g/mol. The molecule has 0 radical (unpaired) electrons. The van der Waals surface area contributed by atoms with Crippen LogP contribution in [0.15, 0.2) is 212 Å². The van der Waals surface area contributed by atoms with Gasteiger partial charge in [0, 0.05) is 16.5 Å². The summed E-state index contributed by atoms with van der Waals surface area (Å²) in [6.07, 6.45) is 0. The van der Waals surface area contributed by atoms with Gasteiger partial charge in [-0.3, -0.25) is 0 Å². The van der Waals surface area contributed by atoms with Gasteiger partial charge < -0.3 is 4.57 Å². The highest BCUT2D eigenvalue weighted by Crippen LogP contribution is 2.49. The van der Waals surface area contributed by atoms with Gasteiger partial charge in [0.15, 0.2) is 0 Å². The van der Waals surface area contributed by atoms with Crippen molar-refractivity contribution in [1.29, 1.82) is 0 Å². The summed E-state index contributed by atoms with van der Waals surface area (Å²) in [6.45, 7) is 0. The smallest absolute Gasteiger partial charge is 0.0541 e. The number of rotatable bonds is 3. The van der Waals surface area contributed by atoms with Crippen LogP contribution < -0.4 is 0 Å². The van der Waals surface area contributed by atoms with Crippen molar-refractivity contribution < 1.29 is 0 Å². The normalized spacial score (nSPS) is 12.1. The lowest BCUT2D eigenvalue weighted by atomic mass is 9.82. The van der Waals surface area contributed by atoms with Crippen molar-refractivity contribution in [2.45, 2.75) is 0 Å². The fraction of sp³-hybridized carbons (Fsp3) is 0. The van der Waals surface area contributed by atoms with Gasteiger partial charge in [-0.05, 0) is 134 Å². The van der Waals surface area contributed by atoms with Crippen molar-refractivity contribution in [3.05, 3.63) is 212 Å². The molecule has 1 nitrogen and oxygen atoms in total. The third-order valence-corrected chi connectivity index (χ3v) is 12.9. The Balaban J connectivity index is 1.14. The molecule has 1 heteroatoms.